The molecule has 0 aliphatic carbocycles. The summed E-state index contributed by atoms with van der Waals surface area (Å²) in [6.07, 6.45) is 4.23. The van der Waals surface area contributed by atoms with E-state index in [2.05, 4.69) is 18.7 Å². The largest absolute Gasteiger partial charge is 0.329 e. The van der Waals surface area contributed by atoms with Crippen molar-refractivity contribution in [2.45, 2.75) is 45.6 Å². The molecule has 2 N–H and O–H groups in total. The number of hydrogen-bond donors (Lipinski definition) is 1. The summed E-state index contributed by atoms with van der Waals surface area (Å²) in [7, 11) is 0. The average molecular weight is 284 g/mol. The highest BCUT2D eigenvalue weighted by molar-refractivity contribution is 5.23. The van der Waals surface area contributed by atoms with Crippen LogP contribution in [0.5, 0.6) is 0 Å². The van der Waals surface area contributed by atoms with Crippen LogP contribution in [0.4, 0.5) is 8.78 Å². The summed E-state index contributed by atoms with van der Waals surface area (Å²) in [6, 6.07) is 3.36. The van der Waals surface area contributed by atoms with E-state index in [1.807, 2.05) is 0 Å². The van der Waals surface area contributed by atoms with Crippen LogP contribution < -0.4 is 5.73 Å². The number of nitrogens with two attached hydrogens (primary N) is 1. The van der Waals surface area contributed by atoms with Gasteiger partial charge in [0.05, 0.1) is 0 Å². The Morgan fingerprint density at radius 3 is 2.20 bits per heavy atom. The Morgan fingerprint density at radius 1 is 1.10 bits per heavy atom. The lowest BCUT2D eigenvalue weighted by Gasteiger charge is -2.31. The lowest BCUT2D eigenvalue weighted by molar-refractivity contribution is 0.191. The molecule has 20 heavy (non-hydrogen) atoms. The van der Waals surface area contributed by atoms with E-state index in [4.69, 9.17) is 5.73 Å². The van der Waals surface area contributed by atoms with Crippen molar-refractivity contribution in [2.75, 3.05) is 19.6 Å². The fourth-order valence-corrected chi connectivity index (χ4v) is 2.39. The molecule has 1 aromatic carbocycles. The van der Waals surface area contributed by atoms with E-state index in [-0.39, 0.29) is 11.9 Å². The zero-order chi connectivity index (χ0) is 15.0. The fourth-order valence-electron chi connectivity index (χ4n) is 2.39. The lowest BCUT2D eigenvalue weighted by Crippen LogP contribution is -2.36. The summed E-state index contributed by atoms with van der Waals surface area (Å²) in [5.41, 5.74) is 6.21. The highest BCUT2D eigenvalue weighted by Crippen LogP contribution is 2.24. The quantitative estimate of drug-likeness (QED) is 0.746. The van der Waals surface area contributed by atoms with Gasteiger partial charge in [-0.2, -0.15) is 0 Å². The zero-order valence-electron chi connectivity index (χ0n) is 12.5. The van der Waals surface area contributed by atoms with Gasteiger partial charge in [0.1, 0.15) is 11.6 Å². The SMILES string of the molecule is CCCCN(CCCC)C(CN)c1cc(F)ccc1F. The van der Waals surface area contributed by atoms with Crippen LogP contribution in [-0.2, 0) is 0 Å². The molecule has 4 heteroatoms. The Balaban J connectivity index is 2.94. The molecule has 0 radical (unpaired) electrons. The number of rotatable bonds is 9. The third-order valence-electron chi connectivity index (χ3n) is 3.58. The van der Waals surface area contributed by atoms with E-state index in [1.54, 1.807) is 0 Å². The molecule has 0 fully saturated rings. The van der Waals surface area contributed by atoms with Crippen molar-refractivity contribution in [2.24, 2.45) is 5.73 Å². The molecular weight excluding hydrogens is 258 g/mol. The summed E-state index contributed by atoms with van der Waals surface area (Å²) < 4.78 is 27.3. The number of hydrogen-bond acceptors (Lipinski definition) is 2. The van der Waals surface area contributed by atoms with Crippen LogP contribution in [0.25, 0.3) is 0 Å². The molecule has 0 saturated carbocycles. The standard InChI is InChI=1S/C16H26F2N2/c1-3-5-9-20(10-6-4-2)16(12-19)14-11-13(17)7-8-15(14)18/h7-8,11,16H,3-6,9-10,12,19H2,1-2H3. The maximum Gasteiger partial charge on any atom is 0.128 e. The molecule has 0 aromatic heterocycles. The smallest absolute Gasteiger partial charge is 0.128 e. The van der Waals surface area contributed by atoms with Crippen LogP contribution >= 0.6 is 0 Å². The summed E-state index contributed by atoms with van der Waals surface area (Å²) >= 11 is 0. The van der Waals surface area contributed by atoms with Crippen molar-refractivity contribution < 1.29 is 8.78 Å². The van der Waals surface area contributed by atoms with Gasteiger partial charge in [0, 0.05) is 18.2 Å². The molecule has 0 saturated heterocycles. The lowest BCUT2D eigenvalue weighted by atomic mass is 10.0. The Labute approximate surface area is 121 Å². The van der Waals surface area contributed by atoms with Gasteiger partial charge in [-0.3, -0.25) is 4.90 Å². The molecular formula is C16H26F2N2. The molecule has 0 aliphatic rings. The minimum atomic E-state index is -0.411. The molecule has 0 amide bonds. The van der Waals surface area contributed by atoms with Gasteiger partial charge in [-0.1, -0.05) is 26.7 Å². The molecule has 1 aromatic rings. The van der Waals surface area contributed by atoms with E-state index in [1.165, 1.54) is 12.1 Å². The first-order chi connectivity index (χ1) is 9.63. The molecule has 2 nitrogen and oxygen atoms in total. The highest BCUT2D eigenvalue weighted by atomic mass is 19.1. The Hall–Kier alpha value is -1.00. The van der Waals surface area contributed by atoms with Gasteiger partial charge in [-0.15, -0.1) is 0 Å². The molecule has 0 spiro atoms. The van der Waals surface area contributed by atoms with E-state index in [9.17, 15) is 8.78 Å². The second kappa shape index (κ2) is 9.03. The summed E-state index contributed by atoms with van der Waals surface area (Å²) in [5.74, 6) is -0.786. The van der Waals surface area contributed by atoms with Crippen molar-refractivity contribution in [1.29, 1.82) is 0 Å². The van der Waals surface area contributed by atoms with Crippen LogP contribution in [0.2, 0.25) is 0 Å². The van der Waals surface area contributed by atoms with Crippen LogP contribution in [0.15, 0.2) is 18.2 Å². The molecule has 0 heterocycles. The van der Waals surface area contributed by atoms with Gasteiger partial charge < -0.3 is 5.73 Å². The first kappa shape index (κ1) is 17.1. The third-order valence-corrected chi connectivity index (χ3v) is 3.58. The summed E-state index contributed by atoms with van der Waals surface area (Å²) in [6.45, 7) is 6.28. The minimum absolute atomic E-state index is 0.246. The van der Waals surface area contributed by atoms with Gasteiger partial charge in [0.25, 0.3) is 0 Å². The van der Waals surface area contributed by atoms with Crippen molar-refractivity contribution >= 4 is 0 Å². The molecule has 1 atom stereocenters. The minimum Gasteiger partial charge on any atom is -0.329 e. The van der Waals surface area contributed by atoms with E-state index >= 15 is 0 Å². The van der Waals surface area contributed by atoms with Crippen LogP contribution in [0, 0.1) is 11.6 Å². The fraction of sp³-hybridized carbons (Fsp3) is 0.625. The summed E-state index contributed by atoms with van der Waals surface area (Å²) in [5, 5.41) is 0. The van der Waals surface area contributed by atoms with E-state index < -0.39 is 5.82 Å². The monoisotopic (exact) mass is 284 g/mol. The number of nitrogens with zero attached hydrogens (tertiary/aromatic N) is 1. The number of benzene rings is 1. The number of halogens is 2. The van der Waals surface area contributed by atoms with Crippen molar-refractivity contribution in [3.8, 4) is 0 Å². The van der Waals surface area contributed by atoms with Crippen LogP contribution in [0.3, 0.4) is 0 Å². The maximum atomic E-state index is 14.0. The van der Waals surface area contributed by atoms with Crippen LogP contribution in [0.1, 0.15) is 51.1 Å². The van der Waals surface area contributed by atoms with Gasteiger partial charge >= 0.3 is 0 Å². The second-order valence-corrected chi connectivity index (χ2v) is 5.16. The summed E-state index contributed by atoms with van der Waals surface area (Å²) in [4.78, 5) is 2.19. The molecule has 1 rings (SSSR count). The van der Waals surface area contributed by atoms with Gasteiger partial charge in [0.15, 0.2) is 0 Å². The van der Waals surface area contributed by atoms with Crippen LogP contribution in [-0.4, -0.2) is 24.5 Å². The van der Waals surface area contributed by atoms with Crippen molar-refractivity contribution in [3.63, 3.8) is 0 Å². The predicted octanol–water partition coefficient (Wildman–Crippen LogP) is 3.87. The molecule has 0 aliphatic heterocycles. The Bertz CT molecular complexity index is 388. The topological polar surface area (TPSA) is 29.3 Å². The zero-order valence-corrected chi connectivity index (χ0v) is 12.5. The first-order valence-electron chi connectivity index (χ1n) is 7.53. The third kappa shape index (κ3) is 4.84. The molecule has 0 bridgehead atoms. The van der Waals surface area contributed by atoms with E-state index in [0.717, 1.165) is 44.8 Å². The number of unbranched alkanes of at least 4 members (excludes halogenated alkanes) is 2. The van der Waals surface area contributed by atoms with E-state index in [0.29, 0.717) is 12.1 Å². The average Bonchev–Trinajstić information content (AvgIpc) is 2.45. The van der Waals surface area contributed by atoms with Gasteiger partial charge in [-0.05, 0) is 44.1 Å². The second-order valence-electron chi connectivity index (χ2n) is 5.16. The maximum absolute atomic E-state index is 14.0. The molecule has 114 valence electrons. The van der Waals surface area contributed by atoms with Crippen molar-refractivity contribution in [1.82, 2.24) is 4.90 Å². The Morgan fingerprint density at radius 2 is 1.70 bits per heavy atom. The Kier molecular flexibility index (Phi) is 7.70. The highest BCUT2D eigenvalue weighted by Gasteiger charge is 2.21. The van der Waals surface area contributed by atoms with Gasteiger partial charge in [-0.25, -0.2) is 8.78 Å². The predicted molar refractivity (Wildman–Crippen MR) is 79.5 cm³/mol. The van der Waals surface area contributed by atoms with Crippen molar-refractivity contribution in [3.05, 3.63) is 35.4 Å². The first-order valence-corrected chi connectivity index (χ1v) is 7.53. The normalized spacial score (nSPS) is 12.9. The molecule has 1 unspecified atom stereocenters. The van der Waals surface area contributed by atoms with Gasteiger partial charge in [0.2, 0.25) is 0 Å².